The number of amides is 1. The third kappa shape index (κ3) is 6.07. The molecule has 0 bridgehead atoms. The van der Waals surface area contributed by atoms with Crippen LogP contribution in [0.15, 0.2) is 12.1 Å². The Balaban J connectivity index is 0.000000261. The number of anilines is 3. The Morgan fingerprint density at radius 2 is 2.00 bits per heavy atom. The summed E-state index contributed by atoms with van der Waals surface area (Å²) in [7, 11) is 0. The molecule has 2 rings (SSSR count). The normalized spacial score (nSPS) is 17.6. The predicted molar refractivity (Wildman–Crippen MR) is 89.5 cm³/mol. The molecule has 2 heterocycles. The molecule has 1 unspecified atom stereocenters. The van der Waals surface area contributed by atoms with E-state index in [1.807, 2.05) is 12.1 Å². The van der Waals surface area contributed by atoms with Gasteiger partial charge >= 0.3 is 6.09 Å². The van der Waals surface area contributed by atoms with Crippen LogP contribution in [0.25, 0.3) is 0 Å². The van der Waals surface area contributed by atoms with Crippen molar-refractivity contribution in [3.63, 3.8) is 0 Å². The van der Waals surface area contributed by atoms with Gasteiger partial charge in [-0.2, -0.15) is 0 Å². The van der Waals surface area contributed by atoms with Crippen LogP contribution in [0, 0.1) is 5.92 Å². The molecule has 1 aliphatic heterocycles. The lowest BCUT2D eigenvalue weighted by Crippen LogP contribution is -2.27. The molecule has 1 saturated heterocycles. The van der Waals surface area contributed by atoms with Crippen molar-refractivity contribution in [3.8, 4) is 0 Å². The van der Waals surface area contributed by atoms with Crippen LogP contribution in [-0.2, 0) is 4.74 Å². The summed E-state index contributed by atoms with van der Waals surface area (Å²) in [5, 5.41) is 0. The van der Waals surface area contributed by atoms with E-state index < -0.39 is 11.7 Å². The van der Waals surface area contributed by atoms with E-state index in [2.05, 4.69) is 21.5 Å². The van der Waals surface area contributed by atoms with Crippen LogP contribution in [0.5, 0.6) is 0 Å². The third-order valence-electron chi connectivity index (χ3n) is 3.10. The van der Waals surface area contributed by atoms with Crippen molar-refractivity contribution in [2.45, 2.75) is 39.7 Å². The van der Waals surface area contributed by atoms with Crippen LogP contribution in [0.1, 0.15) is 34.1 Å². The fraction of sp³-hybridized carbons (Fsp3) is 0.600. The Morgan fingerprint density at radius 3 is 2.36 bits per heavy atom. The SMILES string of the molecule is CC(C)(C)OC(N)=O.CC1CCN(c2ccc(N)c(N)n2)C1. The summed E-state index contributed by atoms with van der Waals surface area (Å²) in [6.07, 6.45) is 0.504. The highest BCUT2D eigenvalue weighted by molar-refractivity contribution is 5.65. The summed E-state index contributed by atoms with van der Waals surface area (Å²) < 4.78 is 4.58. The zero-order valence-corrected chi connectivity index (χ0v) is 13.8. The van der Waals surface area contributed by atoms with Crippen molar-refractivity contribution < 1.29 is 9.53 Å². The number of rotatable bonds is 1. The molecule has 7 heteroatoms. The molecule has 124 valence electrons. The number of nitrogens with zero attached hydrogens (tertiary/aromatic N) is 2. The summed E-state index contributed by atoms with van der Waals surface area (Å²) in [4.78, 5) is 16.5. The molecule has 0 spiro atoms. The first-order valence-electron chi connectivity index (χ1n) is 7.34. The van der Waals surface area contributed by atoms with Gasteiger partial charge in [0.2, 0.25) is 0 Å². The number of ether oxygens (including phenoxy) is 1. The van der Waals surface area contributed by atoms with Crippen LogP contribution >= 0.6 is 0 Å². The highest BCUT2D eigenvalue weighted by Crippen LogP contribution is 2.24. The highest BCUT2D eigenvalue weighted by atomic mass is 16.6. The minimum Gasteiger partial charge on any atom is -0.444 e. The average Bonchev–Trinajstić information content (AvgIpc) is 2.77. The molecular weight excluding hydrogens is 282 g/mol. The number of nitrogen functional groups attached to an aromatic ring is 2. The number of hydrogen-bond donors (Lipinski definition) is 3. The number of hydrogen-bond acceptors (Lipinski definition) is 6. The second-order valence-corrected chi connectivity index (χ2v) is 6.52. The molecule has 0 aromatic carbocycles. The quantitative estimate of drug-likeness (QED) is 0.729. The van der Waals surface area contributed by atoms with Crippen molar-refractivity contribution in [1.82, 2.24) is 4.98 Å². The maximum Gasteiger partial charge on any atom is 0.405 e. The fourth-order valence-corrected chi connectivity index (χ4v) is 2.10. The lowest BCUT2D eigenvalue weighted by atomic mass is 10.2. The van der Waals surface area contributed by atoms with Gasteiger partial charge in [-0.15, -0.1) is 0 Å². The van der Waals surface area contributed by atoms with Crippen molar-refractivity contribution >= 4 is 23.4 Å². The summed E-state index contributed by atoms with van der Waals surface area (Å²) in [6.45, 7) is 9.67. The van der Waals surface area contributed by atoms with Crippen LogP contribution < -0.4 is 22.1 Å². The third-order valence-corrected chi connectivity index (χ3v) is 3.10. The summed E-state index contributed by atoms with van der Waals surface area (Å²) in [5.41, 5.74) is 16.1. The van der Waals surface area contributed by atoms with Gasteiger partial charge < -0.3 is 26.8 Å². The Morgan fingerprint density at radius 1 is 1.36 bits per heavy atom. The lowest BCUT2D eigenvalue weighted by molar-refractivity contribution is 0.0600. The van der Waals surface area contributed by atoms with E-state index in [0.717, 1.165) is 24.8 Å². The first-order chi connectivity index (χ1) is 10.1. The van der Waals surface area contributed by atoms with Gasteiger partial charge in [-0.05, 0) is 45.2 Å². The fourth-order valence-electron chi connectivity index (χ4n) is 2.10. The van der Waals surface area contributed by atoms with E-state index in [0.29, 0.717) is 11.5 Å². The number of carbonyl (C=O) groups excluding carboxylic acids is 1. The summed E-state index contributed by atoms with van der Waals surface area (Å²) >= 11 is 0. The van der Waals surface area contributed by atoms with E-state index in [1.54, 1.807) is 20.8 Å². The van der Waals surface area contributed by atoms with Gasteiger partial charge in [-0.3, -0.25) is 0 Å². The van der Waals surface area contributed by atoms with E-state index in [4.69, 9.17) is 17.2 Å². The largest absolute Gasteiger partial charge is 0.444 e. The molecule has 0 radical (unpaired) electrons. The smallest absolute Gasteiger partial charge is 0.405 e. The summed E-state index contributed by atoms with van der Waals surface area (Å²) in [6, 6.07) is 3.75. The molecule has 6 N–H and O–H groups in total. The van der Waals surface area contributed by atoms with Crippen LogP contribution in [0.3, 0.4) is 0 Å². The van der Waals surface area contributed by atoms with Crippen LogP contribution in [0.4, 0.5) is 22.1 Å². The van der Waals surface area contributed by atoms with E-state index in [-0.39, 0.29) is 0 Å². The molecule has 1 aromatic rings. The first-order valence-corrected chi connectivity index (χ1v) is 7.34. The second-order valence-electron chi connectivity index (χ2n) is 6.52. The number of pyridine rings is 1. The van der Waals surface area contributed by atoms with Crippen LogP contribution in [0.2, 0.25) is 0 Å². The van der Waals surface area contributed by atoms with Crippen molar-refractivity contribution in [1.29, 1.82) is 0 Å². The number of nitrogens with two attached hydrogens (primary N) is 3. The Labute approximate surface area is 131 Å². The van der Waals surface area contributed by atoms with Gasteiger partial charge in [0.25, 0.3) is 0 Å². The molecule has 1 amide bonds. The number of aromatic nitrogens is 1. The van der Waals surface area contributed by atoms with Gasteiger partial charge in [-0.1, -0.05) is 6.92 Å². The minimum atomic E-state index is -0.725. The molecule has 1 fully saturated rings. The van der Waals surface area contributed by atoms with Crippen LogP contribution in [-0.4, -0.2) is 29.8 Å². The van der Waals surface area contributed by atoms with Gasteiger partial charge in [0.15, 0.2) is 0 Å². The molecular formula is C15H27N5O2. The van der Waals surface area contributed by atoms with Gasteiger partial charge in [0.05, 0.1) is 5.69 Å². The van der Waals surface area contributed by atoms with Crippen molar-refractivity contribution in [2.24, 2.45) is 11.7 Å². The number of primary amides is 1. The van der Waals surface area contributed by atoms with Gasteiger partial charge in [-0.25, -0.2) is 9.78 Å². The topological polar surface area (TPSA) is 120 Å². The van der Waals surface area contributed by atoms with Crippen molar-refractivity contribution in [2.75, 3.05) is 29.5 Å². The maximum atomic E-state index is 10.0. The Kier molecular flexibility index (Phi) is 5.84. The average molecular weight is 309 g/mol. The van der Waals surface area contributed by atoms with Gasteiger partial charge in [0.1, 0.15) is 17.2 Å². The first kappa shape index (κ1) is 17.9. The zero-order chi connectivity index (χ0) is 16.9. The molecule has 0 aliphatic carbocycles. The molecule has 1 atom stereocenters. The zero-order valence-electron chi connectivity index (χ0n) is 13.8. The molecule has 1 aromatic heterocycles. The van der Waals surface area contributed by atoms with Crippen molar-refractivity contribution in [3.05, 3.63) is 12.1 Å². The standard InChI is InChI=1S/C10H16N4.C5H11NO2/c1-7-4-5-14(6-7)9-3-2-8(11)10(12)13-9;1-5(2,3)8-4(6)7/h2-3,7H,4-6,11H2,1H3,(H2,12,13);1-3H3,(H2,6,7). The Bertz CT molecular complexity index is 513. The summed E-state index contributed by atoms with van der Waals surface area (Å²) in [5.74, 6) is 2.12. The van der Waals surface area contributed by atoms with E-state index in [9.17, 15) is 4.79 Å². The second kappa shape index (κ2) is 7.20. The highest BCUT2D eigenvalue weighted by Gasteiger charge is 2.19. The van der Waals surface area contributed by atoms with E-state index in [1.165, 1.54) is 6.42 Å². The monoisotopic (exact) mass is 309 g/mol. The molecule has 1 aliphatic rings. The number of carbonyl (C=O) groups is 1. The van der Waals surface area contributed by atoms with Gasteiger partial charge in [0, 0.05) is 13.1 Å². The Hall–Kier alpha value is -2.18. The predicted octanol–water partition coefficient (Wildman–Crippen LogP) is 1.97. The lowest BCUT2D eigenvalue weighted by Gasteiger charge is -2.17. The van der Waals surface area contributed by atoms with E-state index >= 15 is 0 Å². The molecule has 0 saturated carbocycles. The molecule has 7 nitrogen and oxygen atoms in total. The maximum absolute atomic E-state index is 10.0. The minimum absolute atomic E-state index is 0.432. The molecule has 22 heavy (non-hydrogen) atoms.